The van der Waals surface area contributed by atoms with E-state index in [2.05, 4.69) is 15.4 Å². The zero-order valence-corrected chi connectivity index (χ0v) is 9.85. The van der Waals surface area contributed by atoms with Gasteiger partial charge in [0.15, 0.2) is 5.69 Å². The van der Waals surface area contributed by atoms with Crippen molar-refractivity contribution in [3.8, 4) is 0 Å². The lowest BCUT2D eigenvalue weighted by Crippen LogP contribution is -2.03. The second kappa shape index (κ2) is 5.16. The fourth-order valence-electron chi connectivity index (χ4n) is 1.47. The van der Waals surface area contributed by atoms with Gasteiger partial charge in [0.25, 0.3) is 0 Å². The second-order valence-electron chi connectivity index (χ2n) is 3.82. The van der Waals surface area contributed by atoms with Gasteiger partial charge < -0.3 is 5.11 Å². The van der Waals surface area contributed by atoms with Crippen molar-refractivity contribution in [3.63, 3.8) is 0 Å². The van der Waals surface area contributed by atoms with Crippen molar-refractivity contribution in [1.29, 1.82) is 0 Å². The summed E-state index contributed by atoms with van der Waals surface area (Å²) >= 11 is 0. The van der Waals surface area contributed by atoms with Crippen LogP contribution in [0.25, 0.3) is 12.2 Å². The molecule has 2 rings (SSSR count). The number of nitrogens with one attached hydrogen (secondary N) is 1. The quantitative estimate of drug-likeness (QED) is 0.907. The molecule has 0 bridgehead atoms. The molecule has 0 amide bonds. The Morgan fingerprint density at radius 3 is 2.35 bits per heavy atom. The number of aromatic nitrogens is 3. The van der Waals surface area contributed by atoms with Gasteiger partial charge in [0.2, 0.25) is 0 Å². The summed E-state index contributed by atoms with van der Waals surface area (Å²) in [6.07, 6.45) is -1.58. The molecule has 0 spiro atoms. The van der Waals surface area contributed by atoms with E-state index in [1.54, 1.807) is 0 Å². The number of nitrogens with zero attached hydrogens (tertiary/aromatic N) is 2. The molecule has 1 aromatic heterocycles. The van der Waals surface area contributed by atoms with Crippen LogP contribution in [0.4, 0.5) is 13.2 Å². The third-order valence-corrected chi connectivity index (χ3v) is 2.45. The van der Waals surface area contributed by atoms with Gasteiger partial charge in [-0.3, -0.25) is 0 Å². The number of alkyl halides is 3. The van der Waals surface area contributed by atoms with E-state index < -0.39 is 17.7 Å². The Labute approximate surface area is 110 Å². The molecule has 0 saturated carbocycles. The Kier molecular flexibility index (Phi) is 3.55. The van der Waals surface area contributed by atoms with E-state index in [9.17, 15) is 18.0 Å². The van der Waals surface area contributed by atoms with Crippen molar-refractivity contribution in [2.75, 3.05) is 0 Å². The minimum atomic E-state index is -4.38. The van der Waals surface area contributed by atoms with Crippen LogP contribution in [0.5, 0.6) is 0 Å². The minimum absolute atomic E-state index is 0.0948. The molecule has 104 valence electrons. The maximum Gasteiger partial charge on any atom is 0.416 e. The van der Waals surface area contributed by atoms with E-state index in [-0.39, 0.29) is 11.4 Å². The predicted molar refractivity (Wildman–Crippen MR) is 63.7 cm³/mol. The summed E-state index contributed by atoms with van der Waals surface area (Å²) in [6, 6.07) is 4.45. The lowest BCUT2D eigenvalue weighted by atomic mass is 10.1. The number of aromatic carboxylic acids is 1. The highest BCUT2D eigenvalue weighted by Crippen LogP contribution is 2.29. The van der Waals surface area contributed by atoms with Crippen molar-refractivity contribution in [2.24, 2.45) is 0 Å². The van der Waals surface area contributed by atoms with E-state index >= 15 is 0 Å². The van der Waals surface area contributed by atoms with Crippen LogP contribution in [-0.4, -0.2) is 26.5 Å². The van der Waals surface area contributed by atoms with Crippen LogP contribution in [0.3, 0.4) is 0 Å². The van der Waals surface area contributed by atoms with E-state index in [0.717, 1.165) is 12.1 Å². The largest absolute Gasteiger partial charge is 0.476 e. The standard InChI is InChI=1S/C12H8F3N3O2/c13-12(14,15)8-4-1-7(2-5-8)3-6-9-10(11(19)20)17-18-16-9/h1-6H,(H,19,20)(H,16,17,18). The summed E-state index contributed by atoms with van der Waals surface area (Å²) in [5.41, 5.74) is -0.426. The third kappa shape index (κ3) is 3.02. The number of hydrogen-bond donors (Lipinski definition) is 2. The third-order valence-electron chi connectivity index (χ3n) is 2.45. The van der Waals surface area contributed by atoms with Gasteiger partial charge in [-0.15, -0.1) is 5.10 Å². The molecule has 0 aliphatic carbocycles. The molecular weight excluding hydrogens is 275 g/mol. The number of H-pyrrole nitrogens is 1. The van der Waals surface area contributed by atoms with E-state index in [1.165, 1.54) is 24.3 Å². The summed E-state index contributed by atoms with van der Waals surface area (Å²) < 4.78 is 37.1. The van der Waals surface area contributed by atoms with Gasteiger partial charge in [-0.25, -0.2) is 4.79 Å². The number of benzene rings is 1. The molecule has 8 heteroatoms. The SMILES string of the molecule is O=C(O)c1n[nH]nc1C=Cc1ccc(C(F)(F)F)cc1. The summed E-state index contributed by atoms with van der Waals surface area (Å²) in [4.78, 5) is 10.8. The minimum Gasteiger partial charge on any atom is -0.476 e. The molecule has 20 heavy (non-hydrogen) atoms. The maximum atomic E-state index is 12.4. The molecule has 5 nitrogen and oxygen atoms in total. The van der Waals surface area contributed by atoms with Crippen molar-refractivity contribution < 1.29 is 23.1 Å². The number of aromatic amines is 1. The van der Waals surface area contributed by atoms with Crippen LogP contribution < -0.4 is 0 Å². The fraction of sp³-hybridized carbons (Fsp3) is 0.0833. The Morgan fingerprint density at radius 2 is 1.80 bits per heavy atom. The van der Waals surface area contributed by atoms with Crippen LogP contribution in [0.15, 0.2) is 24.3 Å². The fourth-order valence-corrected chi connectivity index (χ4v) is 1.47. The first-order valence-corrected chi connectivity index (χ1v) is 5.37. The number of carboxylic acids is 1. The molecule has 2 N–H and O–H groups in total. The number of halogens is 3. The first-order valence-electron chi connectivity index (χ1n) is 5.37. The van der Waals surface area contributed by atoms with Gasteiger partial charge >= 0.3 is 12.1 Å². The van der Waals surface area contributed by atoms with Crippen LogP contribution in [0, 0.1) is 0 Å². The Balaban J connectivity index is 2.20. The monoisotopic (exact) mass is 283 g/mol. The highest BCUT2D eigenvalue weighted by Gasteiger charge is 2.29. The summed E-state index contributed by atoms with van der Waals surface area (Å²) in [7, 11) is 0. The molecule has 2 aromatic rings. The van der Waals surface area contributed by atoms with E-state index in [0.29, 0.717) is 5.56 Å². The zero-order chi connectivity index (χ0) is 14.8. The average Bonchev–Trinajstić information content (AvgIpc) is 2.84. The second-order valence-corrected chi connectivity index (χ2v) is 3.82. The van der Waals surface area contributed by atoms with E-state index in [4.69, 9.17) is 5.11 Å². The van der Waals surface area contributed by atoms with Gasteiger partial charge in [-0.1, -0.05) is 18.2 Å². The van der Waals surface area contributed by atoms with Crippen LogP contribution in [0.1, 0.15) is 27.3 Å². The number of carboxylic acid groups (broad SMARTS) is 1. The van der Waals surface area contributed by atoms with Gasteiger partial charge in [0, 0.05) is 0 Å². The molecule has 0 saturated heterocycles. The summed E-state index contributed by atoms with van der Waals surface area (Å²) in [6.45, 7) is 0. The maximum absolute atomic E-state index is 12.4. The summed E-state index contributed by atoms with van der Waals surface area (Å²) in [5, 5.41) is 18.0. The Bertz CT molecular complexity index is 645. The average molecular weight is 283 g/mol. The molecule has 0 unspecified atom stereocenters. The van der Waals surface area contributed by atoms with Gasteiger partial charge in [0.05, 0.1) is 5.56 Å². The van der Waals surface area contributed by atoms with Crippen molar-refractivity contribution in [3.05, 3.63) is 46.8 Å². The molecule has 0 atom stereocenters. The highest BCUT2D eigenvalue weighted by atomic mass is 19.4. The molecular formula is C12H8F3N3O2. The first-order chi connectivity index (χ1) is 9.38. The van der Waals surface area contributed by atoms with Gasteiger partial charge in [-0.05, 0) is 23.8 Å². The molecule has 0 fully saturated rings. The van der Waals surface area contributed by atoms with E-state index in [1.807, 2.05) is 0 Å². The van der Waals surface area contributed by atoms with Crippen molar-refractivity contribution >= 4 is 18.1 Å². The molecule has 0 radical (unpaired) electrons. The smallest absolute Gasteiger partial charge is 0.416 e. The number of hydrogen-bond acceptors (Lipinski definition) is 3. The summed E-state index contributed by atoms with van der Waals surface area (Å²) in [5.74, 6) is -1.24. The molecule has 1 heterocycles. The highest BCUT2D eigenvalue weighted by molar-refractivity contribution is 5.90. The molecule has 0 aliphatic rings. The Hall–Kier alpha value is -2.64. The normalized spacial score (nSPS) is 11.9. The zero-order valence-electron chi connectivity index (χ0n) is 9.85. The van der Waals surface area contributed by atoms with Crippen LogP contribution in [-0.2, 0) is 6.18 Å². The van der Waals surface area contributed by atoms with Crippen molar-refractivity contribution in [1.82, 2.24) is 15.4 Å². The number of rotatable bonds is 3. The van der Waals surface area contributed by atoms with Gasteiger partial charge in [-0.2, -0.15) is 23.5 Å². The predicted octanol–water partition coefficient (Wildman–Crippen LogP) is 2.69. The first kappa shape index (κ1) is 13.8. The topological polar surface area (TPSA) is 78.9 Å². The lowest BCUT2D eigenvalue weighted by Gasteiger charge is -2.05. The van der Waals surface area contributed by atoms with Crippen molar-refractivity contribution in [2.45, 2.75) is 6.18 Å². The Morgan fingerprint density at radius 1 is 1.15 bits per heavy atom. The van der Waals surface area contributed by atoms with Gasteiger partial charge in [0.1, 0.15) is 5.69 Å². The molecule has 0 aliphatic heterocycles. The van der Waals surface area contributed by atoms with Crippen LogP contribution >= 0.6 is 0 Å². The van der Waals surface area contributed by atoms with Crippen LogP contribution in [0.2, 0.25) is 0 Å². The lowest BCUT2D eigenvalue weighted by molar-refractivity contribution is -0.137. The molecule has 1 aromatic carbocycles. The number of carbonyl (C=O) groups is 1.